The molecule has 32 heavy (non-hydrogen) atoms. The molecule has 0 amide bonds. The van der Waals surface area contributed by atoms with Crippen LogP contribution in [0.4, 0.5) is 0 Å². The zero-order valence-electron chi connectivity index (χ0n) is 18.9. The van der Waals surface area contributed by atoms with Crippen molar-refractivity contribution in [2.45, 2.75) is 33.3 Å². The Bertz CT molecular complexity index is 1040. The average molecular weight is 440 g/mol. The van der Waals surface area contributed by atoms with Gasteiger partial charge >= 0.3 is 11.9 Å². The third-order valence-corrected chi connectivity index (χ3v) is 5.82. The summed E-state index contributed by atoms with van der Waals surface area (Å²) >= 11 is 0. The predicted octanol–water partition coefficient (Wildman–Crippen LogP) is 4.40. The van der Waals surface area contributed by atoms with Crippen molar-refractivity contribution in [2.24, 2.45) is 11.3 Å². The summed E-state index contributed by atoms with van der Waals surface area (Å²) in [5, 5.41) is 0. The van der Waals surface area contributed by atoms with E-state index in [1.807, 2.05) is 32.0 Å². The van der Waals surface area contributed by atoms with Crippen LogP contribution >= 0.6 is 0 Å². The number of rotatable bonds is 9. The van der Waals surface area contributed by atoms with E-state index in [1.54, 1.807) is 26.4 Å². The topological polar surface area (TPSA) is 80.3 Å². The first-order valence-corrected chi connectivity index (χ1v) is 10.7. The van der Waals surface area contributed by atoms with E-state index in [9.17, 15) is 9.59 Å². The number of hydrogen-bond acceptors (Lipinski definition) is 7. The SMILES string of the molecule is COc1ccc(-c2ccc3c(c2)COC3=O)c(OCC2(C(=O)OCC(C)C)CC2)c1OC. The van der Waals surface area contributed by atoms with Gasteiger partial charge in [-0.3, -0.25) is 4.79 Å². The Morgan fingerprint density at radius 3 is 2.47 bits per heavy atom. The maximum atomic E-state index is 12.6. The lowest BCUT2D eigenvalue weighted by Gasteiger charge is -2.21. The molecule has 0 bridgehead atoms. The monoisotopic (exact) mass is 440 g/mol. The second-order valence-electron chi connectivity index (χ2n) is 8.69. The summed E-state index contributed by atoms with van der Waals surface area (Å²) in [7, 11) is 3.11. The summed E-state index contributed by atoms with van der Waals surface area (Å²) in [6.07, 6.45) is 1.45. The van der Waals surface area contributed by atoms with Gasteiger partial charge in [-0.25, -0.2) is 4.79 Å². The van der Waals surface area contributed by atoms with Gasteiger partial charge < -0.3 is 23.7 Å². The predicted molar refractivity (Wildman–Crippen MR) is 117 cm³/mol. The largest absolute Gasteiger partial charge is 0.493 e. The number of cyclic esters (lactones) is 1. The van der Waals surface area contributed by atoms with Crippen molar-refractivity contribution in [1.82, 2.24) is 0 Å². The Balaban J connectivity index is 1.65. The summed E-state index contributed by atoms with van der Waals surface area (Å²) in [5.41, 5.74) is 2.39. The van der Waals surface area contributed by atoms with E-state index in [1.165, 1.54) is 0 Å². The Kier molecular flexibility index (Phi) is 6.00. The van der Waals surface area contributed by atoms with E-state index >= 15 is 0 Å². The molecule has 0 unspecified atom stereocenters. The quantitative estimate of drug-likeness (QED) is 0.535. The molecule has 7 nitrogen and oxygen atoms in total. The molecule has 7 heteroatoms. The lowest BCUT2D eigenvalue weighted by Crippen LogP contribution is -2.27. The van der Waals surface area contributed by atoms with Crippen LogP contribution < -0.4 is 14.2 Å². The number of benzene rings is 2. The third-order valence-electron chi connectivity index (χ3n) is 5.82. The minimum absolute atomic E-state index is 0.187. The fourth-order valence-electron chi connectivity index (χ4n) is 3.73. The first-order valence-electron chi connectivity index (χ1n) is 10.7. The van der Waals surface area contributed by atoms with Gasteiger partial charge in [0.15, 0.2) is 11.5 Å². The highest BCUT2D eigenvalue weighted by molar-refractivity contribution is 5.94. The van der Waals surface area contributed by atoms with Gasteiger partial charge in [0.1, 0.15) is 18.6 Å². The standard InChI is InChI=1S/C25H28O7/c1-15(2)12-31-24(27)25(9-10-25)14-32-21-18(7-8-20(28-3)22(21)29-4)16-5-6-19-17(11-16)13-30-23(19)26/h5-8,11,15H,9-10,12-14H2,1-4H3. The minimum Gasteiger partial charge on any atom is -0.493 e. The number of carbonyl (C=O) groups is 2. The maximum absolute atomic E-state index is 12.6. The molecule has 1 aliphatic heterocycles. The van der Waals surface area contributed by atoms with E-state index in [4.69, 9.17) is 23.7 Å². The van der Waals surface area contributed by atoms with Crippen LogP contribution in [0.3, 0.4) is 0 Å². The summed E-state index contributed by atoms with van der Waals surface area (Å²) < 4.78 is 27.9. The summed E-state index contributed by atoms with van der Waals surface area (Å²) in [5.74, 6) is 1.20. The van der Waals surface area contributed by atoms with Crippen LogP contribution in [0.5, 0.6) is 17.2 Å². The van der Waals surface area contributed by atoms with Gasteiger partial charge in [0, 0.05) is 11.1 Å². The number of ether oxygens (including phenoxy) is 5. The molecule has 4 rings (SSSR count). The van der Waals surface area contributed by atoms with Crippen molar-refractivity contribution in [3.05, 3.63) is 41.5 Å². The van der Waals surface area contributed by atoms with Gasteiger partial charge in [-0.1, -0.05) is 19.9 Å². The number of hydrogen-bond donors (Lipinski definition) is 0. The highest BCUT2D eigenvalue weighted by Crippen LogP contribution is 2.50. The van der Waals surface area contributed by atoms with Crippen molar-refractivity contribution in [1.29, 1.82) is 0 Å². The van der Waals surface area contributed by atoms with Crippen molar-refractivity contribution < 1.29 is 33.3 Å². The Hall–Kier alpha value is -3.22. The molecule has 0 N–H and O–H groups in total. The van der Waals surface area contributed by atoms with Crippen molar-refractivity contribution >= 4 is 11.9 Å². The third kappa shape index (κ3) is 4.11. The summed E-state index contributed by atoms with van der Waals surface area (Å²) in [4.78, 5) is 24.5. The molecule has 0 aromatic heterocycles. The van der Waals surface area contributed by atoms with Crippen LogP contribution in [0.15, 0.2) is 30.3 Å². The molecule has 1 saturated carbocycles. The molecular weight excluding hydrogens is 412 g/mol. The van der Waals surface area contributed by atoms with E-state index in [2.05, 4.69) is 0 Å². The number of methoxy groups -OCH3 is 2. The lowest BCUT2D eigenvalue weighted by molar-refractivity contribution is -0.152. The zero-order chi connectivity index (χ0) is 22.9. The van der Waals surface area contributed by atoms with Gasteiger partial charge in [0.2, 0.25) is 5.75 Å². The smallest absolute Gasteiger partial charge is 0.338 e. The van der Waals surface area contributed by atoms with Gasteiger partial charge in [-0.15, -0.1) is 0 Å². The fraction of sp³-hybridized carbons (Fsp3) is 0.440. The lowest BCUT2D eigenvalue weighted by atomic mass is 9.99. The molecule has 170 valence electrons. The van der Waals surface area contributed by atoms with Gasteiger partial charge in [0.05, 0.1) is 26.4 Å². The molecule has 2 aromatic rings. The normalized spacial score (nSPS) is 15.7. The highest BCUT2D eigenvalue weighted by atomic mass is 16.6. The van der Waals surface area contributed by atoms with E-state index < -0.39 is 5.41 Å². The van der Waals surface area contributed by atoms with Crippen LogP contribution in [0, 0.1) is 11.3 Å². The average Bonchev–Trinajstić information content (AvgIpc) is 3.51. The molecule has 2 aromatic carbocycles. The van der Waals surface area contributed by atoms with E-state index in [-0.39, 0.29) is 31.1 Å². The molecular formula is C25H28O7. The van der Waals surface area contributed by atoms with Crippen molar-refractivity contribution in [3.63, 3.8) is 0 Å². The Morgan fingerprint density at radius 2 is 1.81 bits per heavy atom. The fourth-order valence-corrected chi connectivity index (χ4v) is 3.73. The highest BCUT2D eigenvalue weighted by Gasteiger charge is 2.52. The summed E-state index contributed by atoms with van der Waals surface area (Å²) in [6, 6.07) is 9.21. The molecule has 0 saturated heterocycles. The number of fused-ring (bicyclic) bond motifs is 1. The van der Waals surface area contributed by atoms with Crippen LogP contribution in [0.2, 0.25) is 0 Å². The first-order chi connectivity index (χ1) is 15.4. The number of carbonyl (C=O) groups excluding carboxylic acids is 2. The van der Waals surface area contributed by atoms with Gasteiger partial charge in [-0.2, -0.15) is 0 Å². The molecule has 0 spiro atoms. The molecule has 1 aliphatic carbocycles. The van der Waals surface area contributed by atoms with Crippen LogP contribution in [0.25, 0.3) is 11.1 Å². The van der Waals surface area contributed by atoms with Gasteiger partial charge in [-0.05, 0) is 48.6 Å². The van der Waals surface area contributed by atoms with Crippen LogP contribution in [-0.4, -0.2) is 39.4 Å². The maximum Gasteiger partial charge on any atom is 0.338 e. The van der Waals surface area contributed by atoms with Crippen molar-refractivity contribution in [2.75, 3.05) is 27.4 Å². The molecule has 1 heterocycles. The molecule has 2 aliphatic rings. The minimum atomic E-state index is -0.627. The second kappa shape index (κ2) is 8.73. The van der Waals surface area contributed by atoms with Crippen molar-refractivity contribution in [3.8, 4) is 28.4 Å². The first kappa shape index (κ1) is 22.0. The Morgan fingerprint density at radius 1 is 1.06 bits per heavy atom. The second-order valence-corrected chi connectivity index (χ2v) is 8.69. The van der Waals surface area contributed by atoms with Crippen LogP contribution in [0.1, 0.15) is 42.6 Å². The van der Waals surface area contributed by atoms with Crippen LogP contribution in [-0.2, 0) is 20.9 Å². The van der Waals surface area contributed by atoms with Gasteiger partial charge in [0.25, 0.3) is 0 Å². The van der Waals surface area contributed by atoms with E-state index in [0.29, 0.717) is 29.4 Å². The Labute approximate surface area is 187 Å². The molecule has 1 fully saturated rings. The summed E-state index contributed by atoms with van der Waals surface area (Å²) in [6.45, 7) is 4.84. The zero-order valence-corrected chi connectivity index (χ0v) is 18.9. The molecule has 0 atom stereocenters. The van der Waals surface area contributed by atoms with E-state index in [0.717, 1.165) is 29.5 Å². The molecule has 0 radical (unpaired) electrons. The number of esters is 2.